The minimum Gasteiger partial charge on any atom is -0.356 e. The quantitative estimate of drug-likeness (QED) is 0.725. The summed E-state index contributed by atoms with van der Waals surface area (Å²) >= 11 is 0. The van der Waals surface area contributed by atoms with E-state index in [2.05, 4.69) is 17.4 Å². The van der Waals surface area contributed by atoms with Gasteiger partial charge < -0.3 is 11.1 Å². The number of nitrogens with two attached hydrogens (primary N) is 1. The molecule has 0 aliphatic heterocycles. The Kier molecular flexibility index (Phi) is 6.44. The first-order valence-electron chi connectivity index (χ1n) is 6.67. The Labute approximate surface area is 110 Å². The third-order valence-electron chi connectivity index (χ3n) is 3.18. The molecule has 0 radical (unpaired) electrons. The zero-order valence-electron chi connectivity index (χ0n) is 11.4. The van der Waals surface area contributed by atoms with Crippen molar-refractivity contribution in [2.24, 2.45) is 17.6 Å². The summed E-state index contributed by atoms with van der Waals surface area (Å²) in [6, 6.07) is 10.3. The summed E-state index contributed by atoms with van der Waals surface area (Å²) in [5.74, 6) is 0.311. The van der Waals surface area contributed by atoms with Gasteiger partial charge in [-0.25, -0.2) is 0 Å². The van der Waals surface area contributed by atoms with E-state index in [1.54, 1.807) is 0 Å². The van der Waals surface area contributed by atoms with Crippen LogP contribution in [0.15, 0.2) is 30.3 Å². The van der Waals surface area contributed by atoms with E-state index in [1.807, 2.05) is 32.0 Å². The SMILES string of the molecule is CC(C)C(CN)C(=O)NCCCc1ccccc1. The Balaban J connectivity index is 2.23. The lowest BCUT2D eigenvalue weighted by molar-refractivity contribution is -0.125. The average Bonchev–Trinajstić information content (AvgIpc) is 2.36. The van der Waals surface area contributed by atoms with Gasteiger partial charge >= 0.3 is 0 Å². The Morgan fingerprint density at radius 3 is 2.50 bits per heavy atom. The summed E-state index contributed by atoms with van der Waals surface area (Å²) in [5.41, 5.74) is 6.92. The second kappa shape index (κ2) is 7.88. The van der Waals surface area contributed by atoms with Crippen molar-refractivity contribution < 1.29 is 4.79 Å². The van der Waals surface area contributed by atoms with E-state index in [9.17, 15) is 4.79 Å². The smallest absolute Gasteiger partial charge is 0.224 e. The molecule has 1 unspecified atom stereocenters. The highest BCUT2D eigenvalue weighted by Crippen LogP contribution is 2.09. The van der Waals surface area contributed by atoms with Crippen LogP contribution in [-0.4, -0.2) is 19.0 Å². The molecule has 0 fully saturated rings. The van der Waals surface area contributed by atoms with Crippen LogP contribution in [-0.2, 0) is 11.2 Å². The number of hydrogen-bond donors (Lipinski definition) is 2. The maximum absolute atomic E-state index is 11.8. The maximum Gasteiger partial charge on any atom is 0.224 e. The van der Waals surface area contributed by atoms with Crippen molar-refractivity contribution in [3.05, 3.63) is 35.9 Å². The number of benzene rings is 1. The van der Waals surface area contributed by atoms with E-state index in [0.29, 0.717) is 12.5 Å². The molecule has 0 bridgehead atoms. The number of hydrogen-bond acceptors (Lipinski definition) is 2. The molecule has 3 N–H and O–H groups in total. The van der Waals surface area contributed by atoms with Gasteiger partial charge in [-0.1, -0.05) is 44.2 Å². The van der Waals surface area contributed by atoms with Gasteiger partial charge in [0.1, 0.15) is 0 Å². The predicted octanol–water partition coefficient (Wildman–Crippen LogP) is 1.97. The lowest BCUT2D eigenvalue weighted by Gasteiger charge is -2.18. The third-order valence-corrected chi connectivity index (χ3v) is 3.18. The number of amides is 1. The van der Waals surface area contributed by atoms with Gasteiger partial charge in [0.05, 0.1) is 5.92 Å². The highest BCUT2D eigenvalue weighted by atomic mass is 16.1. The van der Waals surface area contributed by atoms with Gasteiger partial charge in [-0.15, -0.1) is 0 Å². The molecule has 1 rings (SSSR count). The molecule has 100 valence electrons. The molecule has 3 heteroatoms. The number of nitrogens with one attached hydrogen (secondary N) is 1. The first-order chi connectivity index (χ1) is 8.65. The molecule has 0 aromatic heterocycles. The topological polar surface area (TPSA) is 55.1 Å². The molecule has 0 saturated heterocycles. The van der Waals surface area contributed by atoms with Crippen molar-refractivity contribution in [2.75, 3.05) is 13.1 Å². The molecule has 1 atom stereocenters. The van der Waals surface area contributed by atoms with E-state index in [4.69, 9.17) is 5.73 Å². The van der Waals surface area contributed by atoms with Crippen molar-refractivity contribution in [3.63, 3.8) is 0 Å². The summed E-state index contributed by atoms with van der Waals surface area (Å²) < 4.78 is 0. The molecule has 18 heavy (non-hydrogen) atoms. The first kappa shape index (κ1) is 14.7. The second-order valence-corrected chi connectivity index (χ2v) is 4.97. The first-order valence-corrected chi connectivity index (χ1v) is 6.67. The largest absolute Gasteiger partial charge is 0.356 e. The molecule has 1 aromatic carbocycles. The molecular weight excluding hydrogens is 224 g/mol. The molecule has 1 aromatic rings. The number of carbonyl (C=O) groups excluding carboxylic acids is 1. The van der Waals surface area contributed by atoms with E-state index < -0.39 is 0 Å². The van der Waals surface area contributed by atoms with Crippen LogP contribution in [0.25, 0.3) is 0 Å². The van der Waals surface area contributed by atoms with Crippen LogP contribution in [0.1, 0.15) is 25.8 Å². The van der Waals surface area contributed by atoms with E-state index in [1.165, 1.54) is 5.56 Å². The summed E-state index contributed by atoms with van der Waals surface area (Å²) in [4.78, 5) is 11.8. The van der Waals surface area contributed by atoms with Crippen molar-refractivity contribution in [1.29, 1.82) is 0 Å². The molecule has 0 aliphatic carbocycles. The molecule has 0 aliphatic rings. The van der Waals surface area contributed by atoms with E-state index in [0.717, 1.165) is 19.4 Å². The lowest BCUT2D eigenvalue weighted by atomic mass is 9.95. The number of rotatable bonds is 7. The highest BCUT2D eigenvalue weighted by molar-refractivity contribution is 5.79. The van der Waals surface area contributed by atoms with Gasteiger partial charge in [0.15, 0.2) is 0 Å². The van der Waals surface area contributed by atoms with Gasteiger partial charge in [0.2, 0.25) is 5.91 Å². The fourth-order valence-electron chi connectivity index (χ4n) is 1.96. The van der Waals surface area contributed by atoms with E-state index in [-0.39, 0.29) is 11.8 Å². The van der Waals surface area contributed by atoms with Crippen LogP contribution < -0.4 is 11.1 Å². The van der Waals surface area contributed by atoms with Crippen molar-refractivity contribution >= 4 is 5.91 Å². The molecule has 0 saturated carbocycles. The fraction of sp³-hybridized carbons (Fsp3) is 0.533. The normalized spacial score (nSPS) is 12.4. The average molecular weight is 248 g/mol. The summed E-state index contributed by atoms with van der Waals surface area (Å²) in [6.07, 6.45) is 1.96. The van der Waals surface area contributed by atoms with E-state index >= 15 is 0 Å². The van der Waals surface area contributed by atoms with Gasteiger partial charge in [-0.2, -0.15) is 0 Å². The number of aryl methyl sites for hydroxylation is 1. The molecule has 0 heterocycles. The lowest BCUT2D eigenvalue weighted by Crippen LogP contribution is -2.38. The van der Waals surface area contributed by atoms with Crippen molar-refractivity contribution in [1.82, 2.24) is 5.32 Å². The van der Waals surface area contributed by atoms with Crippen LogP contribution in [0.2, 0.25) is 0 Å². The zero-order valence-corrected chi connectivity index (χ0v) is 11.4. The van der Waals surface area contributed by atoms with Crippen LogP contribution in [0.4, 0.5) is 0 Å². The summed E-state index contributed by atoms with van der Waals surface area (Å²) in [6.45, 7) is 5.20. The predicted molar refractivity (Wildman–Crippen MR) is 75.2 cm³/mol. The maximum atomic E-state index is 11.8. The van der Waals surface area contributed by atoms with Crippen molar-refractivity contribution in [2.45, 2.75) is 26.7 Å². The highest BCUT2D eigenvalue weighted by Gasteiger charge is 2.19. The third kappa shape index (κ3) is 4.88. The molecule has 3 nitrogen and oxygen atoms in total. The Morgan fingerprint density at radius 2 is 1.94 bits per heavy atom. The van der Waals surface area contributed by atoms with Crippen LogP contribution in [0.3, 0.4) is 0 Å². The molecule has 0 spiro atoms. The van der Waals surface area contributed by atoms with Gasteiger partial charge in [-0.3, -0.25) is 4.79 Å². The van der Waals surface area contributed by atoms with Gasteiger partial charge in [0, 0.05) is 13.1 Å². The molecular formula is C15H24N2O. The van der Waals surface area contributed by atoms with Crippen molar-refractivity contribution in [3.8, 4) is 0 Å². The number of carbonyl (C=O) groups is 1. The standard InChI is InChI=1S/C15H24N2O/c1-12(2)14(11-16)15(18)17-10-6-9-13-7-4-3-5-8-13/h3-5,7-8,12,14H,6,9-11,16H2,1-2H3,(H,17,18). The van der Waals surface area contributed by atoms with Crippen LogP contribution in [0.5, 0.6) is 0 Å². The minimum absolute atomic E-state index is 0.0678. The van der Waals surface area contributed by atoms with Crippen LogP contribution >= 0.6 is 0 Å². The van der Waals surface area contributed by atoms with Crippen LogP contribution in [0, 0.1) is 11.8 Å². The zero-order chi connectivity index (χ0) is 13.4. The molecule has 1 amide bonds. The summed E-state index contributed by atoms with van der Waals surface area (Å²) in [5, 5.41) is 2.97. The Bertz CT molecular complexity index is 349. The fourth-order valence-corrected chi connectivity index (χ4v) is 1.96. The summed E-state index contributed by atoms with van der Waals surface area (Å²) in [7, 11) is 0. The van der Waals surface area contributed by atoms with Gasteiger partial charge in [0.25, 0.3) is 0 Å². The monoisotopic (exact) mass is 248 g/mol. The Morgan fingerprint density at radius 1 is 1.28 bits per heavy atom. The minimum atomic E-state index is -0.0678. The van der Waals surface area contributed by atoms with Gasteiger partial charge in [-0.05, 0) is 24.3 Å². The second-order valence-electron chi connectivity index (χ2n) is 4.97. The Hall–Kier alpha value is -1.35.